The summed E-state index contributed by atoms with van der Waals surface area (Å²) in [6, 6.07) is 4.90. The van der Waals surface area contributed by atoms with E-state index in [1.165, 1.54) is 12.1 Å². The van der Waals surface area contributed by atoms with E-state index in [2.05, 4.69) is 0 Å². The molecule has 2 unspecified atom stereocenters. The number of benzene rings is 1. The summed E-state index contributed by atoms with van der Waals surface area (Å²) in [5, 5.41) is 9.04. The van der Waals surface area contributed by atoms with E-state index in [1.54, 1.807) is 18.7 Å². The lowest BCUT2D eigenvalue weighted by molar-refractivity contribution is -0.143. The first-order valence-electron chi connectivity index (χ1n) is 8.29. The number of carbonyl (C=O) groups excluding carboxylic acids is 1. The Morgan fingerprint density at radius 2 is 1.76 bits per heavy atom. The van der Waals surface area contributed by atoms with Gasteiger partial charge in [0.1, 0.15) is 0 Å². The van der Waals surface area contributed by atoms with Crippen molar-refractivity contribution in [2.75, 3.05) is 6.54 Å². The van der Waals surface area contributed by atoms with E-state index in [0.29, 0.717) is 5.56 Å². The summed E-state index contributed by atoms with van der Waals surface area (Å²) in [5.74, 6) is -1.99. The normalized spacial score (nSPS) is 17.0. The number of carbonyl (C=O) groups is 2. The number of alkyl halides is 3. The molecule has 1 saturated carbocycles. The predicted octanol–water partition coefficient (Wildman–Crippen LogP) is 3.91. The van der Waals surface area contributed by atoms with Crippen LogP contribution in [-0.4, -0.2) is 34.5 Å². The van der Waals surface area contributed by atoms with E-state index in [-0.39, 0.29) is 30.8 Å². The summed E-state index contributed by atoms with van der Waals surface area (Å²) in [6.07, 6.45) is -2.50. The maximum absolute atomic E-state index is 12.6. The van der Waals surface area contributed by atoms with Crippen LogP contribution in [0.3, 0.4) is 0 Å². The van der Waals surface area contributed by atoms with Gasteiger partial charge in [0, 0.05) is 19.0 Å². The standard InChI is InChI=1S/C18H22F3NO3/c1-11(13-3-5-14(6-4-13)18(19,20)21)9-16(23)22(15-7-8-15)10-12(2)17(24)25/h3-6,11-12,15H,7-10H2,1-2H3,(H,24,25). The molecular weight excluding hydrogens is 335 g/mol. The highest BCUT2D eigenvalue weighted by atomic mass is 19.4. The Hall–Kier alpha value is -2.05. The van der Waals surface area contributed by atoms with Crippen molar-refractivity contribution in [3.05, 3.63) is 35.4 Å². The fourth-order valence-electron chi connectivity index (χ4n) is 2.71. The molecule has 2 atom stereocenters. The summed E-state index contributed by atoms with van der Waals surface area (Å²) >= 11 is 0. The number of carboxylic acid groups (broad SMARTS) is 1. The average molecular weight is 357 g/mol. The van der Waals surface area contributed by atoms with Crippen LogP contribution in [-0.2, 0) is 15.8 Å². The highest BCUT2D eigenvalue weighted by Gasteiger charge is 2.35. The Morgan fingerprint density at radius 3 is 2.20 bits per heavy atom. The number of aliphatic carboxylic acids is 1. The van der Waals surface area contributed by atoms with Crippen molar-refractivity contribution >= 4 is 11.9 Å². The fraction of sp³-hybridized carbons (Fsp3) is 0.556. The van der Waals surface area contributed by atoms with Gasteiger partial charge in [-0.2, -0.15) is 13.2 Å². The monoisotopic (exact) mass is 357 g/mol. The zero-order valence-corrected chi connectivity index (χ0v) is 14.2. The molecule has 0 aromatic heterocycles. The van der Waals surface area contributed by atoms with Gasteiger partial charge in [-0.1, -0.05) is 26.0 Å². The largest absolute Gasteiger partial charge is 0.481 e. The third-order valence-corrected chi connectivity index (χ3v) is 4.49. The van der Waals surface area contributed by atoms with Crippen molar-refractivity contribution in [2.45, 2.75) is 51.2 Å². The minimum absolute atomic E-state index is 0.0918. The van der Waals surface area contributed by atoms with Gasteiger partial charge in [0.2, 0.25) is 5.91 Å². The SMILES string of the molecule is CC(CN(C(=O)CC(C)c1ccc(C(F)(F)F)cc1)C1CC1)C(=O)O. The van der Waals surface area contributed by atoms with Crippen LogP contribution in [0.25, 0.3) is 0 Å². The highest BCUT2D eigenvalue weighted by Crippen LogP contribution is 2.32. The van der Waals surface area contributed by atoms with Crippen LogP contribution in [0.1, 0.15) is 50.2 Å². The van der Waals surface area contributed by atoms with Crippen LogP contribution >= 0.6 is 0 Å². The molecule has 1 fully saturated rings. The predicted molar refractivity (Wildman–Crippen MR) is 86.0 cm³/mol. The summed E-state index contributed by atoms with van der Waals surface area (Å²) in [7, 11) is 0. The van der Waals surface area contributed by atoms with Crippen molar-refractivity contribution in [3.63, 3.8) is 0 Å². The van der Waals surface area contributed by atoms with Crippen LogP contribution < -0.4 is 0 Å². The summed E-state index contributed by atoms with van der Waals surface area (Å²) in [5.41, 5.74) is -0.0620. The first kappa shape index (κ1) is 19.3. The molecule has 1 aliphatic carbocycles. The van der Waals surface area contributed by atoms with Gasteiger partial charge in [0.05, 0.1) is 11.5 Å². The molecule has 0 heterocycles. The van der Waals surface area contributed by atoms with E-state index in [0.717, 1.165) is 25.0 Å². The fourth-order valence-corrected chi connectivity index (χ4v) is 2.71. The third kappa shape index (κ3) is 5.21. The molecule has 2 rings (SSSR count). The zero-order valence-electron chi connectivity index (χ0n) is 14.2. The lowest BCUT2D eigenvalue weighted by atomic mass is 9.96. The number of rotatable bonds is 7. The van der Waals surface area contributed by atoms with Gasteiger partial charge in [0.25, 0.3) is 0 Å². The van der Waals surface area contributed by atoms with E-state index >= 15 is 0 Å². The van der Waals surface area contributed by atoms with Gasteiger partial charge in [0.15, 0.2) is 0 Å². The minimum Gasteiger partial charge on any atom is -0.481 e. The zero-order chi connectivity index (χ0) is 18.8. The maximum atomic E-state index is 12.6. The molecule has 7 heteroatoms. The van der Waals surface area contributed by atoms with Gasteiger partial charge in [-0.15, -0.1) is 0 Å². The number of halogens is 3. The number of amides is 1. The highest BCUT2D eigenvalue weighted by molar-refractivity contribution is 5.79. The van der Waals surface area contributed by atoms with Crippen molar-refractivity contribution in [2.24, 2.45) is 5.92 Å². The Labute approximate surface area is 144 Å². The molecule has 1 amide bonds. The van der Waals surface area contributed by atoms with Gasteiger partial charge >= 0.3 is 12.1 Å². The molecule has 25 heavy (non-hydrogen) atoms. The molecule has 0 aliphatic heterocycles. The molecule has 1 aliphatic rings. The summed E-state index contributed by atoms with van der Waals surface area (Å²) in [6.45, 7) is 3.51. The van der Waals surface area contributed by atoms with E-state index in [9.17, 15) is 22.8 Å². The number of hydrogen-bond acceptors (Lipinski definition) is 2. The van der Waals surface area contributed by atoms with E-state index in [1.807, 2.05) is 0 Å². The number of hydrogen-bond donors (Lipinski definition) is 1. The number of nitrogens with zero attached hydrogens (tertiary/aromatic N) is 1. The van der Waals surface area contributed by atoms with Crippen LogP contribution in [0.5, 0.6) is 0 Å². The lowest BCUT2D eigenvalue weighted by Crippen LogP contribution is -2.39. The van der Waals surface area contributed by atoms with Gasteiger partial charge in [-0.05, 0) is 36.5 Å². The summed E-state index contributed by atoms with van der Waals surface area (Å²) < 4.78 is 37.8. The Kier molecular flexibility index (Phi) is 5.75. The first-order valence-corrected chi connectivity index (χ1v) is 8.29. The van der Waals surface area contributed by atoms with Gasteiger partial charge in [-0.25, -0.2) is 0 Å². The molecule has 1 N–H and O–H groups in total. The Morgan fingerprint density at radius 1 is 1.20 bits per heavy atom. The second-order valence-corrected chi connectivity index (χ2v) is 6.74. The van der Waals surface area contributed by atoms with Crippen molar-refractivity contribution in [3.8, 4) is 0 Å². The van der Waals surface area contributed by atoms with Crippen LogP contribution in [0.4, 0.5) is 13.2 Å². The van der Waals surface area contributed by atoms with Crippen molar-refractivity contribution in [1.82, 2.24) is 4.90 Å². The topological polar surface area (TPSA) is 57.6 Å². The Bertz CT molecular complexity index is 623. The molecule has 4 nitrogen and oxygen atoms in total. The Balaban J connectivity index is 2.01. The van der Waals surface area contributed by atoms with Crippen LogP contribution in [0, 0.1) is 5.92 Å². The van der Waals surface area contributed by atoms with E-state index in [4.69, 9.17) is 5.11 Å². The molecule has 138 valence electrons. The van der Waals surface area contributed by atoms with Crippen molar-refractivity contribution in [1.29, 1.82) is 0 Å². The van der Waals surface area contributed by atoms with Crippen LogP contribution in [0.2, 0.25) is 0 Å². The maximum Gasteiger partial charge on any atom is 0.416 e. The third-order valence-electron chi connectivity index (χ3n) is 4.49. The molecule has 0 radical (unpaired) electrons. The molecule has 0 bridgehead atoms. The van der Waals surface area contributed by atoms with Crippen molar-refractivity contribution < 1.29 is 27.9 Å². The molecule has 1 aromatic rings. The minimum atomic E-state index is -4.38. The molecule has 0 saturated heterocycles. The quantitative estimate of drug-likeness (QED) is 0.805. The van der Waals surface area contributed by atoms with Crippen LogP contribution in [0.15, 0.2) is 24.3 Å². The molecule has 0 spiro atoms. The second-order valence-electron chi connectivity index (χ2n) is 6.74. The molecular formula is C18H22F3NO3. The number of carboxylic acids is 1. The second kappa shape index (κ2) is 7.45. The first-order chi connectivity index (χ1) is 11.6. The summed E-state index contributed by atoms with van der Waals surface area (Å²) in [4.78, 5) is 25.2. The average Bonchev–Trinajstić information content (AvgIpc) is 3.36. The van der Waals surface area contributed by atoms with Gasteiger partial charge < -0.3 is 10.0 Å². The smallest absolute Gasteiger partial charge is 0.416 e. The molecule has 1 aromatic carbocycles. The van der Waals surface area contributed by atoms with Gasteiger partial charge in [-0.3, -0.25) is 9.59 Å². The van der Waals surface area contributed by atoms with E-state index < -0.39 is 23.6 Å². The lowest BCUT2D eigenvalue weighted by Gasteiger charge is -2.26.